The van der Waals surface area contributed by atoms with Crippen LogP contribution in [0.1, 0.15) is 31.7 Å². The summed E-state index contributed by atoms with van der Waals surface area (Å²) in [5.74, 6) is 0. The van der Waals surface area contributed by atoms with Gasteiger partial charge in [0.1, 0.15) is 0 Å². The minimum absolute atomic E-state index is 0.161. The smallest absolute Gasteiger partial charge is 0.375 e. The highest BCUT2D eigenvalue weighted by atomic mass is 79.9. The molecule has 6 heteroatoms. The largest absolute Gasteiger partial charge is 0.424 e. The summed E-state index contributed by atoms with van der Waals surface area (Å²) in [7, 11) is 0. The summed E-state index contributed by atoms with van der Waals surface area (Å²) in [5.41, 5.74) is -0.161. The van der Waals surface area contributed by atoms with Gasteiger partial charge in [-0.05, 0) is 35.8 Å². The molecule has 1 atom stereocenters. The molecule has 2 nitrogen and oxygen atoms in total. The molecule has 90 valence electrons. The quantitative estimate of drug-likeness (QED) is 0.834. The summed E-state index contributed by atoms with van der Waals surface area (Å²) in [6.45, 7) is 3.50. The van der Waals surface area contributed by atoms with E-state index in [1.807, 2.05) is 0 Å². The maximum absolute atomic E-state index is 12.4. The average molecular weight is 299 g/mol. The Morgan fingerprint density at radius 1 is 1.31 bits per heavy atom. The molecule has 1 heterocycles. The van der Waals surface area contributed by atoms with Crippen molar-refractivity contribution in [1.29, 1.82) is 0 Å². The topological polar surface area (TPSA) is 24.1 Å². The van der Waals surface area contributed by atoms with Gasteiger partial charge in [-0.1, -0.05) is 0 Å². The zero-order chi connectivity index (χ0) is 12.5. The van der Waals surface area contributed by atoms with Gasteiger partial charge in [0.2, 0.25) is 11.8 Å². The molecule has 16 heavy (non-hydrogen) atoms. The molecule has 0 aliphatic carbocycles. The van der Waals surface area contributed by atoms with Gasteiger partial charge in [-0.3, -0.25) is 0 Å². The fourth-order valence-electron chi connectivity index (χ4n) is 1.35. The van der Waals surface area contributed by atoms with E-state index < -0.39 is 12.3 Å². The van der Waals surface area contributed by atoms with Crippen molar-refractivity contribution in [1.82, 2.24) is 0 Å². The van der Waals surface area contributed by atoms with Crippen LogP contribution < -0.4 is 4.57 Å². The number of hydrogen-bond donors (Lipinski definition) is 1. The number of hydrogen-bond acceptors (Lipinski definition) is 1. The van der Waals surface area contributed by atoms with Crippen molar-refractivity contribution < 1.29 is 22.8 Å². The first-order valence-electron chi connectivity index (χ1n) is 4.69. The average Bonchev–Trinajstić information content (AvgIpc) is 2.15. The first-order valence-corrected chi connectivity index (χ1v) is 5.48. The van der Waals surface area contributed by atoms with Gasteiger partial charge in [0.15, 0.2) is 12.2 Å². The fraction of sp³-hybridized carbons (Fsp3) is 0.500. The van der Waals surface area contributed by atoms with Crippen LogP contribution in [-0.2, 0) is 0 Å². The van der Waals surface area contributed by atoms with Gasteiger partial charge in [0.25, 0.3) is 0 Å². The van der Waals surface area contributed by atoms with Crippen molar-refractivity contribution in [2.45, 2.75) is 32.2 Å². The van der Waals surface area contributed by atoms with Gasteiger partial charge >= 0.3 is 6.18 Å². The van der Waals surface area contributed by atoms with E-state index in [0.717, 1.165) is 0 Å². The molecule has 0 radical (unpaired) electrons. The van der Waals surface area contributed by atoms with Crippen LogP contribution in [0.15, 0.2) is 22.8 Å². The van der Waals surface area contributed by atoms with Crippen LogP contribution in [0.3, 0.4) is 0 Å². The van der Waals surface area contributed by atoms with Crippen LogP contribution in [0.25, 0.3) is 0 Å². The minimum Gasteiger partial charge on any atom is -0.375 e. The number of alkyl halides is 3. The van der Waals surface area contributed by atoms with Crippen LogP contribution in [0.2, 0.25) is 0 Å². The Hall–Kier alpha value is -0.620. The Kier molecular flexibility index (Phi) is 3.96. The highest BCUT2D eigenvalue weighted by Crippen LogP contribution is 2.31. The molecule has 1 N–H and O–H groups in total. The number of halogens is 4. The Morgan fingerprint density at radius 3 is 2.31 bits per heavy atom. The van der Waals surface area contributed by atoms with Crippen LogP contribution in [0.4, 0.5) is 13.2 Å². The zero-order valence-corrected chi connectivity index (χ0v) is 10.4. The second-order valence-corrected chi connectivity index (χ2v) is 4.63. The molecule has 0 aromatic carbocycles. The summed E-state index contributed by atoms with van der Waals surface area (Å²) in [6.07, 6.45) is -5.58. The molecule has 1 aromatic heterocycles. The molecule has 0 fully saturated rings. The summed E-state index contributed by atoms with van der Waals surface area (Å²) >= 11 is 3.18. The molecule has 0 bridgehead atoms. The molecule has 0 aliphatic rings. The van der Waals surface area contributed by atoms with E-state index in [2.05, 4.69) is 15.9 Å². The van der Waals surface area contributed by atoms with Crippen molar-refractivity contribution in [3.63, 3.8) is 0 Å². The Morgan fingerprint density at radius 2 is 1.88 bits per heavy atom. The van der Waals surface area contributed by atoms with E-state index in [1.54, 1.807) is 13.8 Å². The predicted octanol–water partition coefficient (Wildman–Crippen LogP) is 2.91. The molecule has 1 aromatic rings. The first-order chi connectivity index (χ1) is 7.23. The minimum atomic E-state index is -4.65. The van der Waals surface area contributed by atoms with Gasteiger partial charge < -0.3 is 5.11 Å². The zero-order valence-electron chi connectivity index (χ0n) is 8.79. The lowest BCUT2D eigenvalue weighted by molar-refractivity contribution is -0.728. The standard InChI is InChI=1S/C10H12BrF3NO/c1-6(2)15-5-7(11)3-4-8(15)9(16)10(12,13)14/h3-6,9,16H,1-2H3/q+1. The third kappa shape index (κ3) is 2.95. The number of pyridine rings is 1. The van der Waals surface area contributed by atoms with Gasteiger partial charge in [-0.15, -0.1) is 0 Å². The highest BCUT2D eigenvalue weighted by molar-refractivity contribution is 9.10. The van der Waals surface area contributed by atoms with Crippen molar-refractivity contribution >= 4 is 15.9 Å². The monoisotopic (exact) mass is 298 g/mol. The van der Waals surface area contributed by atoms with E-state index in [4.69, 9.17) is 0 Å². The van der Waals surface area contributed by atoms with Gasteiger partial charge in [0, 0.05) is 6.07 Å². The summed E-state index contributed by atoms with van der Waals surface area (Å²) in [5, 5.41) is 9.22. The highest BCUT2D eigenvalue weighted by Gasteiger charge is 2.44. The molecule has 0 saturated carbocycles. The molecule has 1 rings (SSSR count). The van der Waals surface area contributed by atoms with E-state index in [0.29, 0.717) is 4.47 Å². The van der Waals surface area contributed by atoms with Crippen molar-refractivity contribution in [3.05, 3.63) is 28.5 Å². The molecule has 0 spiro atoms. The van der Waals surface area contributed by atoms with Crippen molar-refractivity contribution in [2.75, 3.05) is 0 Å². The van der Waals surface area contributed by atoms with Crippen molar-refractivity contribution in [2.24, 2.45) is 0 Å². The predicted molar refractivity (Wildman–Crippen MR) is 55.7 cm³/mol. The molecular formula is C10H12BrF3NO+. The number of aliphatic hydroxyl groups is 1. The molecule has 1 unspecified atom stereocenters. The molecular weight excluding hydrogens is 287 g/mol. The van der Waals surface area contributed by atoms with Crippen LogP contribution in [0.5, 0.6) is 0 Å². The van der Waals surface area contributed by atoms with Gasteiger partial charge in [-0.25, -0.2) is 0 Å². The Bertz CT molecular complexity index is 379. The fourth-order valence-corrected chi connectivity index (χ4v) is 1.70. The van der Waals surface area contributed by atoms with Crippen LogP contribution >= 0.6 is 15.9 Å². The number of nitrogens with zero attached hydrogens (tertiary/aromatic N) is 1. The maximum Gasteiger partial charge on any atom is 0.424 e. The molecule has 0 saturated heterocycles. The van der Waals surface area contributed by atoms with Gasteiger partial charge in [0.05, 0.1) is 4.47 Å². The Labute approximate surface area is 99.8 Å². The van der Waals surface area contributed by atoms with Gasteiger partial charge in [-0.2, -0.15) is 17.7 Å². The maximum atomic E-state index is 12.4. The summed E-state index contributed by atoms with van der Waals surface area (Å²) in [4.78, 5) is 0. The Balaban J connectivity index is 3.23. The SMILES string of the molecule is CC(C)[n+]1cc(Br)ccc1C(O)C(F)(F)F. The van der Waals surface area contributed by atoms with E-state index >= 15 is 0 Å². The molecule has 0 amide bonds. The normalized spacial score (nSPS) is 14.2. The van der Waals surface area contributed by atoms with Crippen LogP contribution in [0, 0.1) is 0 Å². The third-order valence-electron chi connectivity index (χ3n) is 2.12. The lowest BCUT2D eigenvalue weighted by Gasteiger charge is -2.15. The summed E-state index contributed by atoms with van der Waals surface area (Å²) < 4.78 is 39.3. The van der Waals surface area contributed by atoms with E-state index in [-0.39, 0.29) is 11.7 Å². The van der Waals surface area contributed by atoms with Crippen LogP contribution in [-0.4, -0.2) is 11.3 Å². The van der Waals surface area contributed by atoms with Crippen molar-refractivity contribution in [3.8, 4) is 0 Å². The van der Waals surface area contributed by atoms with E-state index in [1.165, 1.54) is 22.9 Å². The third-order valence-corrected chi connectivity index (χ3v) is 2.59. The number of rotatable bonds is 2. The number of aliphatic hydroxyl groups excluding tert-OH is 1. The second-order valence-electron chi connectivity index (χ2n) is 3.72. The number of aromatic nitrogens is 1. The molecule has 0 aliphatic heterocycles. The summed E-state index contributed by atoms with van der Waals surface area (Å²) in [6, 6.07) is 2.58. The lowest BCUT2D eigenvalue weighted by Crippen LogP contribution is -2.44. The lowest BCUT2D eigenvalue weighted by atomic mass is 10.2. The van der Waals surface area contributed by atoms with E-state index in [9.17, 15) is 18.3 Å². The second kappa shape index (κ2) is 4.71. The first kappa shape index (κ1) is 13.4.